The Morgan fingerprint density at radius 1 is 1.20 bits per heavy atom. The largest absolute Gasteiger partial charge is 0.465 e. The topological polar surface area (TPSA) is 29.5 Å². The normalized spacial score (nSPS) is 33.0. The maximum absolute atomic E-state index is 14.4. The fraction of sp³-hybridized carbons (Fsp3) is 0.667. The van der Waals surface area contributed by atoms with Crippen LogP contribution in [0.1, 0.15) is 54.4 Å². The Labute approximate surface area is 149 Å². The van der Waals surface area contributed by atoms with Gasteiger partial charge in [0.15, 0.2) is 0 Å². The highest BCUT2D eigenvalue weighted by atomic mass is 19.1. The van der Waals surface area contributed by atoms with E-state index in [4.69, 9.17) is 0 Å². The van der Waals surface area contributed by atoms with E-state index in [1.54, 1.807) is 12.1 Å². The number of ether oxygens (including phenoxy) is 1. The minimum absolute atomic E-state index is 0.271. The molecule has 0 N–H and O–H groups in total. The van der Waals surface area contributed by atoms with E-state index in [2.05, 4.69) is 16.7 Å². The van der Waals surface area contributed by atoms with Crippen LogP contribution in [0.5, 0.6) is 0 Å². The Bertz CT molecular complexity index is 637. The number of hydrogen-bond donors (Lipinski definition) is 0. The van der Waals surface area contributed by atoms with Crippen molar-refractivity contribution < 1.29 is 13.9 Å². The van der Waals surface area contributed by atoms with Crippen LogP contribution in [0.3, 0.4) is 0 Å². The van der Waals surface area contributed by atoms with E-state index in [0.717, 1.165) is 24.3 Å². The quantitative estimate of drug-likeness (QED) is 0.747. The second kappa shape index (κ2) is 6.39. The molecule has 25 heavy (non-hydrogen) atoms. The standard InChI is InChI=1S/C21H28FNO2/c1-23(12-18-4-3-17(8-19(18)22)20(24)25-2)13-21-9-14-5-15(10-21)7-16(6-14)11-21/h3-4,8,14-16H,5-7,9-13H2,1-2H3. The van der Waals surface area contributed by atoms with Crippen LogP contribution >= 0.6 is 0 Å². The van der Waals surface area contributed by atoms with Gasteiger partial charge in [0.2, 0.25) is 0 Å². The number of benzene rings is 1. The number of halogens is 1. The average Bonchev–Trinajstić information content (AvgIpc) is 2.54. The van der Waals surface area contributed by atoms with Crippen molar-refractivity contribution in [2.45, 2.75) is 45.1 Å². The lowest BCUT2D eigenvalue weighted by atomic mass is 9.49. The van der Waals surface area contributed by atoms with Crippen LogP contribution < -0.4 is 0 Å². The number of nitrogens with zero attached hydrogens (tertiary/aromatic N) is 1. The number of esters is 1. The minimum Gasteiger partial charge on any atom is -0.465 e. The third-order valence-corrected chi connectivity index (χ3v) is 6.68. The highest BCUT2D eigenvalue weighted by Crippen LogP contribution is 2.60. The molecule has 4 aliphatic carbocycles. The molecule has 0 aromatic heterocycles. The van der Waals surface area contributed by atoms with E-state index in [1.807, 2.05) is 0 Å². The fourth-order valence-corrected chi connectivity index (χ4v) is 6.32. The first-order valence-corrected chi connectivity index (χ1v) is 9.52. The Morgan fingerprint density at radius 2 is 1.80 bits per heavy atom. The molecular weight excluding hydrogens is 317 g/mol. The average molecular weight is 345 g/mol. The molecule has 4 bridgehead atoms. The Morgan fingerprint density at radius 3 is 2.32 bits per heavy atom. The summed E-state index contributed by atoms with van der Waals surface area (Å²) in [6, 6.07) is 4.67. The molecule has 0 unspecified atom stereocenters. The van der Waals surface area contributed by atoms with Crippen LogP contribution in [-0.2, 0) is 11.3 Å². The van der Waals surface area contributed by atoms with Gasteiger partial charge in [-0.25, -0.2) is 9.18 Å². The molecule has 0 amide bonds. The SMILES string of the molecule is COC(=O)c1ccc(CN(C)CC23CC4CC(CC(C4)C2)C3)c(F)c1. The second-order valence-electron chi connectivity index (χ2n) is 8.89. The summed E-state index contributed by atoms with van der Waals surface area (Å²) >= 11 is 0. The summed E-state index contributed by atoms with van der Waals surface area (Å²) in [5.41, 5.74) is 1.39. The summed E-state index contributed by atoms with van der Waals surface area (Å²) < 4.78 is 19.0. The molecule has 0 aliphatic heterocycles. The molecule has 0 spiro atoms. The summed E-state index contributed by atoms with van der Waals surface area (Å²) in [7, 11) is 3.42. The number of methoxy groups -OCH3 is 1. The molecule has 0 radical (unpaired) electrons. The zero-order chi connectivity index (χ0) is 17.6. The monoisotopic (exact) mass is 345 g/mol. The zero-order valence-electron chi connectivity index (χ0n) is 15.3. The first kappa shape index (κ1) is 17.0. The summed E-state index contributed by atoms with van der Waals surface area (Å²) in [5, 5.41) is 0. The van der Waals surface area contributed by atoms with E-state index in [0.29, 0.717) is 17.5 Å². The Balaban J connectivity index is 1.42. The third kappa shape index (κ3) is 3.33. The Kier molecular flexibility index (Phi) is 4.35. The molecule has 4 aliphatic rings. The third-order valence-electron chi connectivity index (χ3n) is 6.68. The van der Waals surface area contributed by atoms with Crippen LogP contribution in [0.2, 0.25) is 0 Å². The molecule has 1 aromatic rings. The first-order valence-electron chi connectivity index (χ1n) is 9.52. The van der Waals surface area contributed by atoms with Gasteiger partial charge in [-0.05, 0) is 80.9 Å². The van der Waals surface area contributed by atoms with Crippen LogP contribution in [-0.4, -0.2) is 31.6 Å². The molecule has 1 aromatic carbocycles. The van der Waals surface area contributed by atoms with Gasteiger partial charge in [-0.1, -0.05) is 6.07 Å². The van der Waals surface area contributed by atoms with E-state index in [-0.39, 0.29) is 11.4 Å². The lowest BCUT2D eigenvalue weighted by Gasteiger charge is -2.57. The van der Waals surface area contributed by atoms with Crippen molar-refractivity contribution in [1.82, 2.24) is 4.90 Å². The van der Waals surface area contributed by atoms with Crippen molar-refractivity contribution in [2.75, 3.05) is 20.7 Å². The van der Waals surface area contributed by atoms with Crippen LogP contribution in [0.25, 0.3) is 0 Å². The minimum atomic E-state index is -0.493. The van der Waals surface area contributed by atoms with Crippen LogP contribution in [0, 0.1) is 29.0 Å². The van der Waals surface area contributed by atoms with Gasteiger partial charge in [0, 0.05) is 18.7 Å². The highest BCUT2D eigenvalue weighted by Gasteiger charge is 2.50. The zero-order valence-corrected chi connectivity index (χ0v) is 15.3. The molecule has 4 saturated carbocycles. The van der Waals surface area contributed by atoms with Crippen LogP contribution in [0.4, 0.5) is 4.39 Å². The Hall–Kier alpha value is -1.42. The second-order valence-corrected chi connectivity index (χ2v) is 8.89. The van der Waals surface area contributed by atoms with Crippen molar-refractivity contribution >= 4 is 5.97 Å². The maximum atomic E-state index is 14.4. The lowest BCUT2D eigenvalue weighted by Crippen LogP contribution is -2.50. The molecule has 0 atom stereocenters. The van der Waals surface area contributed by atoms with Crippen LogP contribution in [0.15, 0.2) is 18.2 Å². The molecule has 3 nitrogen and oxygen atoms in total. The smallest absolute Gasteiger partial charge is 0.337 e. The van der Waals surface area contributed by atoms with Gasteiger partial charge in [-0.2, -0.15) is 0 Å². The van der Waals surface area contributed by atoms with Gasteiger partial charge in [-0.3, -0.25) is 0 Å². The maximum Gasteiger partial charge on any atom is 0.337 e. The van der Waals surface area contributed by atoms with Crippen molar-refractivity contribution in [3.8, 4) is 0 Å². The molecule has 0 heterocycles. The predicted molar refractivity (Wildman–Crippen MR) is 94.7 cm³/mol. The van der Waals surface area contributed by atoms with Gasteiger partial charge in [0.05, 0.1) is 12.7 Å². The van der Waals surface area contributed by atoms with E-state index in [9.17, 15) is 9.18 Å². The van der Waals surface area contributed by atoms with Gasteiger partial charge >= 0.3 is 5.97 Å². The number of carbonyl (C=O) groups excluding carboxylic acids is 1. The van der Waals surface area contributed by atoms with Crippen molar-refractivity contribution in [3.63, 3.8) is 0 Å². The molecule has 4 heteroatoms. The predicted octanol–water partition coefficient (Wildman–Crippen LogP) is 4.26. The number of hydrogen-bond acceptors (Lipinski definition) is 3. The van der Waals surface area contributed by atoms with Gasteiger partial charge < -0.3 is 9.64 Å². The molecule has 4 fully saturated rings. The molecule has 5 rings (SSSR count). The first-order chi connectivity index (χ1) is 12.0. The molecule has 136 valence electrons. The summed E-state index contributed by atoms with van der Waals surface area (Å²) in [5.74, 6) is 2.01. The van der Waals surface area contributed by atoms with E-state index in [1.165, 1.54) is 51.7 Å². The summed E-state index contributed by atoms with van der Waals surface area (Å²) in [4.78, 5) is 13.8. The molecule has 0 saturated heterocycles. The summed E-state index contributed by atoms with van der Waals surface area (Å²) in [6.45, 7) is 1.66. The number of rotatable bonds is 5. The van der Waals surface area contributed by atoms with Gasteiger partial charge in [0.1, 0.15) is 5.82 Å². The number of carbonyl (C=O) groups is 1. The van der Waals surface area contributed by atoms with Crippen molar-refractivity contribution in [1.29, 1.82) is 0 Å². The van der Waals surface area contributed by atoms with E-state index < -0.39 is 5.97 Å². The molecular formula is C21H28FNO2. The van der Waals surface area contributed by atoms with E-state index >= 15 is 0 Å². The highest BCUT2D eigenvalue weighted by molar-refractivity contribution is 5.89. The fourth-order valence-electron chi connectivity index (χ4n) is 6.32. The van der Waals surface area contributed by atoms with Gasteiger partial charge in [0.25, 0.3) is 0 Å². The van der Waals surface area contributed by atoms with Gasteiger partial charge in [-0.15, -0.1) is 0 Å². The lowest BCUT2D eigenvalue weighted by molar-refractivity contribution is -0.0671. The van der Waals surface area contributed by atoms with Crippen molar-refractivity contribution in [3.05, 3.63) is 35.1 Å². The van der Waals surface area contributed by atoms with Crippen molar-refractivity contribution in [2.24, 2.45) is 23.2 Å². The summed E-state index contributed by atoms with van der Waals surface area (Å²) in [6.07, 6.45) is 8.46.